The Morgan fingerprint density at radius 2 is 1.84 bits per heavy atom. The van der Waals surface area contributed by atoms with Gasteiger partial charge >= 0.3 is 5.97 Å². The second-order valence-corrected chi connectivity index (χ2v) is 9.86. The lowest BCUT2D eigenvalue weighted by Crippen LogP contribution is -2.29. The number of esters is 1. The van der Waals surface area contributed by atoms with Crippen LogP contribution in [-0.4, -0.2) is 27.8 Å². The Bertz CT molecular complexity index is 1440. The molecule has 1 N–H and O–H groups in total. The van der Waals surface area contributed by atoms with Crippen LogP contribution in [0.1, 0.15) is 29.7 Å². The number of ether oxygens (including phenoxy) is 2. The lowest BCUT2D eigenvalue weighted by Gasteiger charge is -2.28. The van der Waals surface area contributed by atoms with Gasteiger partial charge in [0.1, 0.15) is 18.4 Å². The number of methoxy groups -OCH3 is 1. The van der Waals surface area contributed by atoms with E-state index in [1.165, 1.54) is 24.4 Å². The maximum absolute atomic E-state index is 12.9. The summed E-state index contributed by atoms with van der Waals surface area (Å²) in [6.45, 7) is 2.23. The highest BCUT2D eigenvalue weighted by molar-refractivity contribution is 7.98. The smallest absolute Gasteiger partial charge is 0.338 e. The van der Waals surface area contributed by atoms with E-state index in [-0.39, 0.29) is 0 Å². The number of hydrogen-bond donors (Lipinski definition) is 1. The molecule has 0 amide bonds. The third-order valence-electron chi connectivity index (χ3n) is 5.94. The Hall–Kier alpha value is -3.75. The van der Waals surface area contributed by atoms with Crippen molar-refractivity contribution in [1.82, 2.24) is 14.8 Å². The van der Waals surface area contributed by atoms with Gasteiger partial charge in [-0.25, -0.2) is 9.48 Å². The van der Waals surface area contributed by atoms with Crippen molar-refractivity contribution in [2.24, 2.45) is 0 Å². The van der Waals surface area contributed by atoms with Gasteiger partial charge in [0.2, 0.25) is 11.1 Å². The Labute approximate surface area is 224 Å². The van der Waals surface area contributed by atoms with E-state index in [0.29, 0.717) is 39.8 Å². The number of carbonyl (C=O) groups excluding carboxylic acids is 1. The predicted octanol–water partition coefficient (Wildman–Crippen LogP) is 6.26. The average Bonchev–Trinajstić information content (AvgIpc) is 3.33. The van der Waals surface area contributed by atoms with Crippen LogP contribution in [0.25, 0.3) is 0 Å². The molecule has 188 valence electrons. The zero-order valence-corrected chi connectivity index (χ0v) is 21.9. The molecular weight excluding hydrogens is 508 g/mol. The molecule has 0 aliphatic carbocycles. The topological polar surface area (TPSA) is 78.3 Å². The maximum Gasteiger partial charge on any atom is 0.338 e. The molecule has 37 heavy (non-hydrogen) atoms. The Morgan fingerprint density at radius 3 is 2.59 bits per heavy atom. The van der Waals surface area contributed by atoms with E-state index in [1.54, 1.807) is 4.68 Å². The second-order valence-electron chi connectivity index (χ2n) is 8.48. The highest BCUT2D eigenvalue weighted by atomic mass is 35.5. The first-order valence-electron chi connectivity index (χ1n) is 11.7. The van der Waals surface area contributed by atoms with Crippen molar-refractivity contribution in [2.45, 2.75) is 30.5 Å². The maximum atomic E-state index is 12.9. The summed E-state index contributed by atoms with van der Waals surface area (Å²) in [7, 11) is 1.38. The molecule has 0 fully saturated rings. The summed E-state index contributed by atoms with van der Waals surface area (Å²) < 4.78 is 12.9. The second kappa shape index (κ2) is 11.1. The van der Waals surface area contributed by atoms with Crippen LogP contribution in [-0.2, 0) is 21.9 Å². The van der Waals surface area contributed by atoms with Crippen molar-refractivity contribution in [1.29, 1.82) is 0 Å². The molecule has 7 nitrogen and oxygen atoms in total. The first-order valence-corrected chi connectivity index (χ1v) is 13.0. The number of fused-ring (bicyclic) bond motifs is 1. The zero-order chi connectivity index (χ0) is 25.8. The van der Waals surface area contributed by atoms with E-state index in [2.05, 4.69) is 17.4 Å². The molecule has 0 saturated heterocycles. The van der Waals surface area contributed by atoms with E-state index in [9.17, 15) is 4.79 Å². The van der Waals surface area contributed by atoms with E-state index in [1.807, 2.05) is 73.7 Å². The van der Waals surface area contributed by atoms with E-state index in [4.69, 9.17) is 31.2 Å². The van der Waals surface area contributed by atoms with E-state index in [0.717, 1.165) is 16.9 Å². The van der Waals surface area contributed by atoms with Gasteiger partial charge in [0.05, 0.1) is 12.7 Å². The monoisotopic (exact) mass is 532 g/mol. The van der Waals surface area contributed by atoms with Gasteiger partial charge in [-0.05, 0) is 47.9 Å². The number of thioether (sulfide) groups is 1. The minimum absolute atomic E-state index is 0.389. The summed E-state index contributed by atoms with van der Waals surface area (Å²) in [4.78, 5) is 17.6. The van der Waals surface area contributed by atoms with Gasteiger partial charge in [0.25, 0.3) is 0 Å². The third-order valence-corrected chi connectivity index (χ3v) is 7.10. The minimum atomic E-state index is -0.527. The molecule has 1 aliphatic heterocycles. The predicted molar refractivity (Wildman–Crippen MR) is 145 cm³/mol. The number of rotatable bonds is 8. The van der Waals surface area contributed by atoms with Gasteiger partial charge in [0, 0.05) is 16.5 Å². The number of anilines is 1. The number of halogens is 1. The Kier molecular flexibility index (Phi) is 7.48. The summed E-state index contributed by atoms with van der Waals surface area (Å²) in [6, 6.07) is 24.8. The summed E-state index contributed by atoms with van der Waals surface area (Å²) in [6.07, 6.45) is 0. The molecule has 2 heterocycles. The summed E-state index contributed by atoms with van der Waals surface area (Å²) in [5.74, 6) is 1.55. The quantitative estimate of drug-likeness (QED) is 0.212. The zero-order valence-electron chi connectivity index (χ0n) is 20.3. The number of hydrogen-bond acceptors (Lipinski definition) is 7. The minimum Gasteiger partial charge on any atom is -0.489 e. The van der Waals surface area contributed by atoms with Crippen LogP contribution in [0.5, 0.6) is 5.75 Å². The number of aromatic nitrogens is 3. The van der Waals surface area contributed by atoms with E-state index >= 15 is 0 Å². The number of allylic oxidation sites excluding steroid dienone is 1. The SMILES string of the molecule is COC(=O)C1=C(C)Nc2nc(SCc3ccccc3)nn2C1c1cccc(OCc2ccc(Cl)cc2)c1. The van der Waals surface area contributed by atoms with Crippen molar-refractivity contribution in [3.8, 4) is 5.75 Å². The Morgan fingerprint density at radius 1 is 1.05 bits per heavy atom. The Balaban J connectivity index is 1.44. The van der Waals surface area contributed by atoms with Crippen LogP contribution in [0.15, 0.2) is 95.3 Å². The van der Waals surface area contributed by atoms with Crippen molar-refractivity contribution in [3.63, 3.8) is 0 Å². The fraction of sp³-hybridized carbons (Fsp3) is 0.179. The highest BCUT2D eigenvalue weighted by Gasteiger charge is 2.35. The van der Waals surface area contributed by atoms with Crippen LogP contribution < -0.4 is 10.1 Å². The fourth-order valence-corrected chi connectivity index (χ4v) is 5.03. The van der Waals surface area contributed by atoms with Gasteiger partial charge in [-0.15, -0.1) is 5.10 Å². The molecule has 0 bridgehead atoms. The van der Waals surface area contributed by atoms with Crippen LogP contribution in [0, 0.1) is 0 Å². The lowest BCUT2D eigenvalue weighted by molar-refractivity contribution is -0.136. The van der Waals surface area contributed by atoms with Crippen LogP contribution in [0.2, 0.25) is 5.02 Å². The standard InChI is InChI=1S/C28H25ClN4O3S/c1-18-24(26(34)35-2)25(21-9-6-10-23(15-21)36-16-19-11-13-22(29)14-12-19)33-27(30-18)31-28(32-33)37-17-20-7-4-3-5-8-20/h3-15,25H,16-17H2,1-2H3,(H,30,31,32). The van der Waals surface area contributed by atoms with Crippen LogP contribution in [0.3, 0.4) is 0 Å². The number of nitrogens with zero attached hydrogens (tertiary/aromatic N) is 3. The van der Waals surface area contributed by atoms with Gasteiger partial charge in [-0.3, -0.25) is 0 Å². The van der Waals surface area contributed by atoms with Crippen molar-refractivity contribution in [3.05, 3.63) is 112 Å². The molecule has 0 spiro atoms. The fourth-order valence-electron chi connectivity index (χ4n) is 4.12. The van der Waals surface area contributed by atoms with Gasteiger partial charge in [-0.1, -0.05) is 78.0 Å². The van der Waals surface area contributed by atoms with Crippen LogP contribution in [0.4, 0.5) is 5.95 Å². The van der Waals surface area contributed by atoms with E-state index < -0.39 is 12.0 Å². The molecule has 9 heteroatoms. The first-order chi connectivity index (χ1) is 18.0. The van der Waals surface area contributed by atoms with Crippen molar-refractivity contribution in [2.75, 3.05) is 12.4 Å². The van der Waals surface area contributed by atoms with Gasteiger partial charge in [0.15, 0.2) is 0 Å². The summed E-state index contributed by atoms with van der Waals surface area (Å²) in [5.41, 5.74) is 4.15. The van der Waals surface area contributed by atoms with Gasteiger partial charge in [-0.2, -0.15) is 4.98 Å². The molecular formula is C28H25ClN4O3S. The molecule has 3 aromatic carbocycles. The van der Waals surface area contributed by atoms with Crippen molar-refractivity contribution >= 4 is 35.3 Å². The molecule has 0 saturated carbocycles. The van der Waals surface area contributed by atoms with Gasteiger partial charge < -0.3 is 14.8 Å². The first kappa shape index (κ1) is 24.9. The largest absolute Gasteiger partial charge is 0.489 e. The molecule has 1 aromatic heterocycles. The molecule has 4 aromatic rings. The normalized spacial score (nSPS) is 14.6. The number of carbonyl (C=O) groups is 1. The average molecular weight is 533 g/mol. The summed E-state index contributed by atoms with van der Waals surface area (Å²) in [5, 5.41) is 9.29. The molecule has 0 radical (unpaired) electrons. The molecule has 1 atom stereocenters. The molecule has 1 unspecified atom stereocenters. The van der Waals surface area contributed by atoms with Crippen molar-refractivity contribution < 1.29 is 14.3 Å². The number of benzene rings is 3. The lowest BCUT2D eigenvalue weighted by atomic mass is 9.95. The van der Waals surface area contributed by atoms with Crippen LogP contribution >= 0.6 is 23.4 Å². The highest BCUT2D eigenvalue weighted by Crippen LogP contribution is 2.38. The third kappa shape index (κ3) is 5.65. The summed E-state index contributed by atoms with van der Waals surface area (Å²) >= 11 is 7.53. The molecule has 5 rings (SSSR count). The number of nitrogens with one attached hydrogen (secondary N) is 1. The molecule has 1 aliphatic rings.